The molecule has 0 atom stereocenters. The van der Waals surface area contributed by atoms with E-state index in [2.05, 4.69) is 47.4 Å². The van der Waals surface area contributed by atoms with Gasteiger partial charge in [0.25, 0.3) is 5.91 Å². The Morgan fingerprint density at radius 1 is 1.31 bits per heavy atom. The largest absolute Gasteiger partial charge is 0.307 e. The molecule has 82 valence electrons. The van der Waals surface area contributed by atoms with Crippen molar-refractivity contribution in [2.75, 3.05) is 5.32 Å². The molecule has 16 heavy (non-hydrogen) atoms. The number of hydrogen-bond acceptors (Lipinski definition) is 2. The molecule has 6 heteroatoms. The van der Waals surface area contributed by atoms with Crippen LogP contribution in [0.25, 0.3) is 0 Å². The predicted molar refractivity (Wildman–Crippen MR) is 68.4 cm³/mol. The number of nitrogens with zero attached hydrogens (tertiary/aromatic N) is 1. The molecule has 0 aliphatic carbocycles. The minimum Gasteiger partial charge on any atom is -0.307 e. The number of aromatic amines is 1. The van der Waals surface area contributed by atoms with Gasteiger partial charge in [0.05, 0.1) is 11.8 Å². The third-order valence-electron chi connectivity index (χ3n) is 1.92. The van der Waals surface area contributed by atoms with Crippen LogP contribution in [0.4, 0.5) is 5.82 Å². The van der Waals surface area contributed by atoms with Crippen molar-refractivity contribution < 1.29 is 4.79 Å². The molecule has 2 rings (SSSR count). The molecule has 4 nitrogen and oxygen atoms in total. The van der Waals surface area contributed by atoms with E-state index in [4.69, 9.17) is 0 Å². The summed E-state index contributed by atoms with van der Waals surface area (Å²) in [6.07, 6.45) is 1.57. The maximum Gasteiger partial charge on any atom is 0.257 e. The lowest BCUT2D eigenvalue weighted by molar-refractivity contribution is 0.102. The summed E-state index contributed by atoms with van der Waals surface area (Å²) in [5.41, 5.74) is 0.559. The maximum absolute atomic E-state index is 11.9. The van der Waals surface area contributed by atoms with E-state index in [0.717, 1.165) is 8.95 Å². The molecular weight excluding hydrogens is 338 g/mol. The number of H-pyrrole nitrogens is 1. The van der Waals surface area contributed by atoms with Gasteiger partial charge < -0.3 is 5.32 Å². The number of carbonyl (C=O) groups is 1. The Morgan fingerprint density at radius 3 is 2.81 bits per heavy atom. The van der Waals surface area contributed by atoms with E-state index in [1.165, 1.54) is 0 Å². The van der Waals surface area contributed by atoms with E-state index in [0.29, 0.717) is 11.4 Å². The van der Waals surface area contributed by atoms with Crippen molar-refractivity contribution in [2.45, 2.75) is 0 Å². The standard InChI is InChI=1S/C10H7Br2N3O/c11-6-1-2-8(12)7(5-6)10(16)14-9-3-4-13-15-9/h1-5H,(H2,13,14,15,16). The zero-order valence-electron chi connectivity index (χ0n) is 8.00. The molecule has 0 radical (unpaired) electrons. The van der Waals surface area contributed by atoms with Gasteiger partial charge >= 0.3 is 0 Å². The van der Waals surface area contributed by atoms with Crippen LogP contribution in [0, 0.1) is 0 Å². The number of rotatable bonds is 2. The van der Waals surface area contributed by atoms with Gasteiger partial charge in [-0.3, -0.25) is 9.89 Å². The molecule has 1 heterocycles. The number of benzene rings is 1. The Hall–Kier alpha value is -1.14. The lowest BCUT2D eigenvalue weighted by atomic mass is 10.2. The molecule has 0 aliphatic rings. The monoisotopic (exact) mass is 343 g/mol. The highest BCUT2D eigenvalue weighted by Crippen LogP contribution is 2.22. The second-order valence-corrected chi connectivity index (χ2v) is 4.82. The molecule has 0 unspecified atom stereocenters. The van der Waals surface area contributed by atoms with Gasteiger partial charge in [-0.1, -0.05) is 15.9 Å². The fourth-order valence-electron chi connectivity index (χ4n) is 1.19. The molecule has 0 aliphatic heterocycles. The summed E-state index contributed by atoms with van der Waals surface area (Å²) in [4.78, 5) is 11.9. The Kier molecular flexibility index (Phi) is 3.40. The normalized spacial score (nSPS) is 10.1. The lowest BCUT2D eigenvalue weighted by Gasteiger charge is -2.05. The highest BCUT2D eigenvalue weighted by atomic mass is 79.9. The number of aromatic nitrogens is 2. The summed E-state index contributed by atoms with van der Waals surface area (Å²) < 4.78 is 1.60. The Morgan fingerprint density at radius 2 is 2.12 bits per heavy atom. The lowest BCUT2D eigenvalue weighted by Crippen LogP contribution is -2.12. The number of nitrogens with one attached hydrogen (secondary N) is 2. The maximum atomic E-state index is 11.9. The summed E-state index contributed by atoms with van der Waals surface area (Å²) in [7, 11) is 0. The summed E-state index contributed by atoms with van der Waals surface area (Å²) in [6, 6.07) is 7.10. The average Bonchev–Trinajstić information content (AvgIpc) is 2.74. The number of anilines is 1. The van der Waals surface area contributed by atoms with Crippen molar-refractivity contribution in [3.63, 3.8) is 0 Å². The molecule has 0 saturated carbocycles. The summed E-state index contributed by atoms with van der Waals surface area (Å²) in [5, 5.41) is 9.11. The van der Waals surface area contributed by atoms with Gasteiger partial charge in [0, 0.05) is 15.0 Å². The fourth-order valence-corrected chi connectivity index (χ4v) is 1.97. The molecule has 1 aromatic carbocycles. The molecule has 0 bridgehead atoms. The van der Waals surface area contributed by atoms with Crippen LogP contribution in [0.1, 0.15) is 10.4 Å². The average molecular weight is 345 g/mol. The number of amides is 1. The number of halogens is 2. The van der Waals surface area contributed by atoms with Crippen LogP contribution in [-0.2, 0) is 0 Å². The molecule has 1 aromatic heterocycles. The van der Waals surface area contributed by atoms with Crippen LogP contribution < -0.4 is 5.32 Å². The van der Waals surface area contributed by atoms with Gasteiger partial charge in [-0.2, -0.15) is 5.10 Å². The smallest absolute Gasteiger partial charge is 0.257 e. The molecular formula is C10H7Br2N3O. The minimum absolute atomic E-state index is 0.197. The third kappa shape index (κ3) is 2.51. The van der Waals surface area contributed by atoms with Crippen LogP contribution in [0.3, 0.4) is 0 Å². The predicted octanol–water partition coefficient (Wildman–Crippen LogP) is 3.19. The zero-order chi connectivity index (χ0) is 11.5. The van der Waals surface area contributed by atoms with Crippen LogP contribution in [0.15, 0.2) is 39.4 Å². The zero-order valence-corrected chi connectivity index (χ0v) is 11.2. The van der Waals surface area contributed by atoms with Gasteiger partial charge in [0.1, 0.15) is 5.82 Å². The Labute approximate surface area is 109 Å². The minimum atomic E-state index is -0.197. The first kappa shape index (κ1) is 11.3. The van der Waals surface area contributed by atoms with Crippen LogP contribution in [-0.4, -0.2) is 16.1 Å². The topological polar surface area (TPSA) is 57.8 Å². The first-order chi connectivity index (χ1) is 7.66. The van der Waals surface area contributed by atoms with Crippen molar-refractivity contribution in [2.24, 2.45) is 0 Å². The van der Waals surface area contributed by atoms with Gasteiger partial charge in [-0.15, -0.1) is 0 Å². The van der Waals surface area contributed by atoms with E-state index in [-0.39, 0.29) is 5.91 Å². The Bertz CT molecular complexity index is 511. The van der Waals surface area contributed by atoms with Crippen molar-refractivity contribution in [3.05, 3.63) is 45.0 Å². The van der Waals surface area contributed by atoms with Gasteiger partial charge in [0.15, 0.2) is 0 Å². The van der Waals surface area contributed by atoms with Gasteiger partial charge in [-0.05, 0) is 34.1 Å². The summed E-state index contributed by atoms with van der Waals surface area (Å²) in [6.45, 7) is 0. The van der Waals surface area contributed by atoms with E-state index < -0.39 is 0 Å². The van der Waals surface area contributed by atoms with E-state index in [1.807, 2.05) is 12.1 Å². The highest BCUT2D eigenvalue weighted by Gasteiger charge is 2.11. The van der Waals surface area contributed by atoms with Crippen molar-refractivity contribution >= 4 is 43.6 Å². The first-order valence-electron chi connectivity index (χ1n) is 4.42. The molecule has 0 spiro atoms. The van der Waals surface area contributed by atoms with Crippen LogP contribution in [0.2, 0.25) is 0 Å². The van der Waals surface area contributed by atoms with Crippen molar-refractivity contribution in [1.29, 1.82) is 0 Å². The molecule has 0 saturated heterocycles. The molecule has 0 fully saturated rings. The van der Waals surface area contributed by atoms with Gasteiger partial charge in [-0.25, -0.2) is 0 Å². The van der Waals surface area contributed by atoms with Gasteiger partial charge in [0.2, 0.25) is 0 Å². The quantitative estimate of drug-likeness (QED) is 0.879. The second kappa shape index (κ2) is 4.80. The van der Waals surface area contributed by atoms with Crippen LogP contribution >= 0.6 is 31.9 Å². The number of hydrogen-bond donors (Lipinski definition) is 2. The SMILES string of the molecule is O=C(Nc1ccn[nH]1)c1cc(Br)ccc1Br. The highest BCUT2D eigenvalue weighted by molar-refractivity contribution is 9.11. The van der Waals surface area contributed by atoms with Crippen LogP contribution in [0.5, 0.6) is 0 Å². The fraction of sp³-hybridized carbons (Fsp3) is 0. The van der Waals surface area contributed by atoms with E-state index in [1.54, 1.807) is 18.3 Å². The summed E-state index contributed by atoms with van der Waals surface area (Å²) in [5.74, 6) is 0.370. The second-order valence-electron chi connectivity index (χ2n) is 3.05. The third-order valence-corrected chi connectivity index (χ3v) is 3.11. The number of carbonyl (C=O) groups excluding carboxylic acids is 1. The summed E-state index contributed by atoms with van der Waals surface area (Å²) >= 11 is 6.65. The van der Waals surface area contributed by atoms with Crippen molar-refractivity contribution in [1.82, 2.24) is 10.2 Å². The Balaban J connectivity index is 2.24. The van der Waals surface area contributed by atoms with E-state index >= 15 is 0 Å². The molecule has 2 aromatic rings. The molecule has 1 amide bonds. The van der Waals surface area contributed by atoms with Crippen molar-refractivity contribution in [3.8, 4) is 0 Å². The molecule has 2 N–H and O–H groups in total. The van der Waals surface area contributed by atoms with E-state index in [9.17, 15) is 4.79 Å². The first-order valence-corrected chi connectivity index (χ1v) is 6.01.